The van der Waals surface area contributed by atoms with Crippen molar-refractivity contribution in [3.05, 3.63) is 12.2 Å². The van der Waals surface area contributed by atoms with Gasteiger partial charge in [0.1, 0.15) is 0 Å². The fraction of sp³-hybridized carbons (Fsp3) is 0.810. The van der Waals surface area contributed by atoms with Crippen molar-refractivity contribution in [3.8, 4) is 0 Å². The van der Waals surface area contributed by atoms with Gasteiger partial charge in [0, 0.05) is 24.8 Å². The summed E-state index contributed by atoms with van der Waals surface area (Å²) >= 11 is 0. The first-order chi connectivity index (χ1) is 14.3. The third kappa shape index (κ3) is 8.35. The highest BCUT2D eigenvalue weighted by atomic mass is 32.2. The molecule has 8 nitrogen and oxygen atoms in total. The van der Waals surface area contributed by atoms with Crippen LogP contribution < -0.4 is 10.0 Å². The Balaban J connectivity index is 1.73. The Kier molecular flexibility index (Phi) is 10.3. The fourth-order valence-electron chi connectivity index (χ4n) is 4.22. The van der Waals surface area contributed by atoms with Crippen LogP contribution in [0.25, 0.3) is 0 Å². The van der Waals surface area contributed by atoms with Crippen LogP contribution >= 0.6 is 0 Å². The molecule has 0 spiro atoms. The maximum absolute atomic E-state index is 12.1. The molecular formula is C21H36N2O6S. The number of hydrogen-bond acceptors (Lipinski definition) is 5. The molecule has 2 bridgehead atoms. The van der Waals surface area contributed by atoms with Crippen molar-refractivity contribution in [2.75, 3.05) is 18.8 Å². The number of carbonyl (C=O) groups is 2. The summed E-state index contributed by atoms with van der Waals surface area (Å²) in [6.07, 6.45) is 11.5. The van der Waals surface area contributed by atoms with Gasteiger partial charge in [0.25, 0.3) is 0 Å². The smallest absolute Gasteiger partial charge is 0.303 e. The molecule has 2 aliphatic rings. The first-order valence-electron chi connectivity index (χ1n) is 11.1. The first-order valence-corrected chi connectivity index (χ1v) is 12.8. The molecule has 1 amide bonds. The van der Waals surface area contributed by atoms with Crippen LogP contribution in [-0.4, -0.2) is 56.5 Å². The van der Waals surface area contributed by atoms with Crippen LogP contribution in [0.4, 0.5) is 0 Å². The van der Waals surface area contributed by atoms with E-state index in [1.807, 2.05) is 6.92 Å². The number of aliphatic carboxylic acids is 1. The van der Waals surface area contributed by atoms with Crippen LogP contribution in [0.5, 0.6) is 0 Å². The van der Waals surface area contributed by atoms with Crippen LogP contribution in [0.1, 0.15) is 64.7 Å². The van der Waals surface area contributed by atoms with E-state index < -0.39 is 16.0 Å². The summed E-state index contributed by atoms with van der Waals surface area (Å²) < 4.78 is 32.2. The summed E-state index contributed by atoms with van der Waals surface area (Å²) in [5.74, 6) is -0.626. The number of ether oxygens (including phenoxy) is 1. The van der Waals surface area contributed by atoms with Gasteiger partial charge in [-0.3, -0.25) is 9.59 Å². The number of fused-ring (bicyclic) bond motifs is 2. The van der Waals surface area contributed by atoms with E-state index in [9.17, 15) is 18.0 Å². The zero-order valence-corrected chi connectivity index (χ0v) is 18.7. The average molecular weight is 445 g/mol. The molecule has 2 heterocycles. The summed E-state index contributed by atoms with van der Waals surface area (Å²) in [6, 6.07) is 0. The number of carboxylic acid groups (broad SMARTS) is 1. The minimum atomic E-state index is -3.41. The SMILES string of the molecule is CCCCCS(=O)(=O)NCC(=O)NC[C@@H]1[C@H](/C=C\CCCCC(=O)O)[C@@H]2CC[C@H]1O2. The lowest BCUT2D eigenvalue weighted by Gasteiger charge is -2.26. The second kappa shape index (κ2) is 12.4. The Morgan fingerprint density at radius 3 is 2.63 bits per heavy atom. The molecule has 2 rings (SSSR count). The molecular weight excluding hydrogens is 408 g/mol. The van der Waals surface area contributed by atoms with Crippen LogP contribution in [-0.2, 0) is 24.3 Å². The van der Waals surface area contributed by atoms with Crippen LogP contribution in [0, 0.1) is 11.8 Å². The summed E-state index contributed by atoms with van der Waals surface area (Å²) in [6.45, 7) is 2.24. The number of hydrogen-bond donors (Lipinski definition) is 3. The molecule has 2 saturated heterocycles. The van der Waals surface area contributed by atoms with Crippen LogP contribution in [0.2, 0.25) is 0 Å². The number of unbranched alkanes of at least 4 members (excludes halogenated alkanes) is 4. The quantitative estimate of drug-likeness (QED) is 0.263. The van der Waals surface area contributed by atoms with E-state index in [0.717, 1.165) is 38.5 Å². The minimum Gasteiger partial charge on any atom is -0.481 e. The molecule has 0 aliphatic carbocycles. The average Bonchev–Trinajstić information content (AvgIpc) is 3.29. The van der Waals surface area contributed by atoms with E-state index in [2.05, 4.69) is 22.2 Å². The zero-order valence-electron chi connectivity index (χ0n) is 17.8. The van der Waals surface area contributed by atoms with Gasteiger partial charge in [-0.15, -0.1) is 0 Å². The van der Waals surface area contributed by atoms with Crippen molar-refractivity contribution in [2.45, 2.75) is 76.9 Å². The van der Waals surface area contributed by atoms with Gasteiger partial charge in [-0.1, -0.05) is 31.9 Å². The van der Waals surface area contributed by atoms with Crippen molar-refractivity contribution < 1.29 is 27.9 Å². The van der Waals surface area contributed by atoms with E-state index in [1.54, 1.807) is 0 Å². The van der Waals surface area contributed by atoms with Gasteiger partial charge in [0.05, 0.1) is 24.5 Å². The predicted molar refractivity (Wildman–Crippen MR) is 114 cm³/mol. The molecule has 9 heteroatoms. The van der Waals surface area contributed by atoms with Gasteiger partial charge in [-0.05, 0) is 38.5 Å². The molecule has 0 aromatic rings. The predicted octanol–water partition coefficient (Wildman–Crippen LogP) is 2.21. The molecule has 0 aromatic carbocycles. The van der Waals surface area contributed by atoms with E-state index >= 15 is 0 Å². The lowest BCUT2D eigenvalue weighted by molar-refractivity contribution is -0.137. The number of amides is 1. The van der Waals surface area contributed by atoms with E-state index in [-0.39, 0.29) is 48.7 Å². The number of nitrogens with one attached hydrogen (secondary N) is 2. The first kappa shape index (κ1) is 24.8. The van der Waals surface area contributed by atoms with Crippen molar-refractivity contribution in [2.24, 2.45) is 11.8 Å². The number of rotatable bonds is 15. The number of sulfonamides is 1. The Bertz CT molecular complexity index is 694. The number of carbonyl (C=O) groups excluding carboxylic acids is 1. The molecule has 0 saturated carbocycles. The minimum absolute atomic E-state index is 0.0493. The number of carboxylic acids is 1. The van der Waals surface area contributed by atoms with Crippen LogP contribution in [0.15, 0.2) is 12.2 Å². The maximum Gasteiger partial charge on any atom is 0.303 e. The second-order valence-corrected chi connectivity index (χ2v) is 10.2. The molecule has 0 unspecified atom stereocenters. The Labute approximate surface area is 179 Å². The van der Waals surface area contributed by atoms with E-state index in [0.29, 0.717) is 19.4 Å². The molecule has 2 fully saturated rings. The standard InChI is InChI=1S/C21H36N2O6S/c1-2-3-8-13-30(27,28)23-15-20(24)22-14-17-16(18-11-12-19(17)29-18)9-6-4-5-7-10-21(25)26/h6,9,16-19,23H,2-5,7-8,10-15H2,1H3,(H,22,24)(H,25,26)/b9-6-/t16-,17+,18-,19+/m0/s1. The zero-order chi connectivity index (χ0) is 22.0. The highest BCUT2D eigenvalue weighted by Crippen LogP contribution is 2.43. The molecule has 2 aliphatic heterocycles. The third-order valence-corrected chi connectivity index (χ3v) is 7.27. The highest BCUT2D eigenvalue weighted by molar-refractivity contribution is 7.89. The van der Waals surface area contributed by atoms with Gasteiger partial charge in [-0.25, -0.2) is 13.1 Å². The largest absolute Gasteiger partial charge is 0.481 e. The van der Waals surface area contributed by atoms with Gasteiger partial charge in [0.15, 0.2) is 0 Å². The highest BCUT2D eigenvalue weighted by Gasteiger charge is 2.47. The molecule has 0 radical (unpaired) electrons. The van der Waals surface area contributed by atoms with E-state index in [4.69, 9.17) is 9.84 Å². The van der Waals surface area contributed by atoms with E-state index in [1.165, 1.54) is 0 Å². The van der Waals surface area contributed by atoms with Crippen molar-refractivity contribution in [1.82, 2.24) is 10.0 Å². The fourth-order valence-corrected chi connectivity index (χ4v) is 5.30. The summed E-state index contributed by atoms with van der Waals surface area (Å²) in [7, 11) is -3.41. The topological polar surface area (TPSA) is 122 Å². The monoisotopic (exact) mass is 444 g/mol. The number of allylic oxidation sites excluding steroid dienone is 1. The lowest BCUT2D eigenvalue weighted by Crippen LogP contribution is -2.42. The van der Waals surface area contributed by atoms with Gasteiger partial charge >= 0.3 is 5.97 Å². The Morgan fingerprint density at radius 2 is 1.90 bits per heavy atom. The second-order valence-electron chi connectivity index (χ2n) is 8.25. The summed E-state index contributed by atoms with van der Waals surface area (Å²) in [5, 5.41) is 11.5. The van der Waals surface area contributed by atoms with Gasteiger partial charge < -0.3 is 15.2 Å². The lowest BCUT2D eigenvalue weighted by atomic mass is 9.79. The maximum atomic E-state index is 12.1. The third-order valence-electron chi connectivity index (χ3n) is 5.86. The van der Waals surface area contributed by atoms with Crippen molar-refractivity contribution in [1.29, 1.82) is 0 Å². The summed E-state index contributed by atoms with van der Waals surface area (Å²) in [4.78, 5) is 22.7. The van der Waals surface area contributed by atoms with Gasteiger partial charge in [0.2, 0.25) is 15.9 Å². The molecule has 0 aromatic heterocycles. The molecule has 30 heavy (non-hydrogen) atoms. The normalized spacial score (nSPS) is 25.8. The van der Waals surface area contributed by atoms with Crippen molar-refractivity contribution >= 4 is 21.9 Å². The Hall–Kier alpha value is -1.45. The molecule has 4 atom stereocenters. The summed E-state index contributed by atoms with van der Waals surface area (Å²) in [5.41, 5.74) is 0. The van der Waals surface area contributed by atoms with Crippen molar-refractivity contribution in [3.63, 3.8) is 0 Å². The molecule has 3 N–H and O–H groups in total. The molecule has 172 valence electrons. The van der Waals surface area contributed by atoms with Gasteiger partial charge in [-0.2, -0.15) is 0 Å². The Morgan fingerprint density at radius 1 is 1.13 bits per heavy atom. The van der Waals surface area contributed by atoms with Crippen LogP contribution in [0.3, 0.4) is 0 Å².